The van der Waals surface area contributed by atoms with Crippen LogP contribution in [0.2, 0.25) is 0 Å². The zero-order valence-corrected chi connectivity index (χ0v) is 15.7. The van der Waals surface area contributed by atoms with Crippen LogP contribution in [0.1, 0.15) is 41.6 Å². The third-order valence-electron chi connectivity index (χ3n) is 5.90. The molecule has 29 heavy (non-hydrogen) atoms. The van der Waals surface area contributed by atoms with Crippen LogP contribution < -0.4 is 5.32 Å². The Hall–Kier alpha value is -3.48. The maximum absolute atomic E-state index is 12.7. The summed E-state index contributed by atoms with van der Waals surface area (Å²) in [6, 6.07) is 13.5. The number of amides is 1. The average molecular weight is 388 g/mol. The fraction of sp³-hybridized carbons (Fsp3) is 0.273. The maximum atomic E-state index is 12.7. The van der Waals surface area contributed by atoms with Gasteiger partial charge in [-0.25, -0.2) is 4.79 Å². The van der Waals surface area contributed by atoms with Gasteiger partial charge in [0.25, 0.3) is 0 Å². The minimum atomic E-state index is -0.612. The van der Waals surface area contributed by atoms with Crippen LogP contribution in [-0.4, -0.2) is 27.1 Å². The lowest BCUT2D eigenvalue weighted by molar-refractivity contribution is -0.122. The van der Waals surface area contributed by atoms with Gasteiger partial charge in [-0.2, -0.15) is 5.10 Å². The van der Waals surface area contributed by atoms with Gasteiger partial charge in [0.15, 0.2) is 5.82 Å². The topological polar surface area (TPSA) is 97.0 Å². The summed E-state index contributed by atoms with van der Waals surface area (Å²) < 4.78 is 5.73. The van der Waals surface area contributed by atoms with Gasteiger partial charge in [0.05, 0.1) is 11.3 Å². The third kappa shape index (κ3) is 3.08. The van der Waals surface area contributed by atoms with E-state index >= 15 is 0 Å². The lowest BCUT2D eigenvalue weighted by atomic mass is 9.75. The molecule has 0 atom stereocenters. The standard InChI is InChI=1S/C22H20N4O3/c27-20(24-19-12-18(25-26-19)14-4-2-1-3-5-14)15-6-9-22(10-7-15)17-8-11-23-13-16(17)21(28)29-22/h1-5,8,11-13,15H,6-7,9-10H2,(H2,24,25,26,27). The van der Waals surface area contributed by atoms with E-state index in [1.165, 1.54) is 0 Å². The first-order valence-electron chi connectivity index (χ1n) is 9.74. The van der Waals surface area contributed by atoms with Crippen LogP contribution in [0.15, 0.2) is 54.9 Å². The predicted octanol–water partition coefficient (Wildman–Crippen LogP) is 3.67. The second kappa shape index (κ2) is 6.84. The molecular formula is C22H20N4O3. The summed E-state index contributed by atoms with van der Waals surface area (Å²) >= 11 is 0. The molecule has 146 valence electrons. The summed E-state index contributed by atoms with van der Waals surface area (Å²) in [6.07, 6.45) is 5.80. The lowest BCUT2D eigenvalue weighted by Crippen LogP contribution is -2.36. The number of carbonyl (C=O) groups excluding carboxylic acids is 2. The maximum Gasteiger partial charge on any atom is 0.341 e. The number of nitrogens with one attached hydrogen (secondary N) is 2. The second-order valence-corrected chi connectivity index (χ2v) is 7.60. The number of aromatic amines is 1. The highest BCUT2D eigenvalue weighted by atomic mass is 16.6. The highest BCUT2D eigenvalue weighted by molar-refractivity contribution is 5.95. The fourth-order valence-corrected chi connectivity index (χ4v) is 4.34. The van der Waals surface area contributed by atoms with Gasteiger partial charge in [-0.3, -0.25) is 14.9 Å². The largest absolute Gasteiger partial charge is 0.451 e. The van der Waals surface area contributed by atoms with E-state index in [-0.39, 0.29) is 17.8 Å². The molecule has 5 rings (SSSR count). The van der Waals surface area contributed by atoms with Crippen molar-refractivity contribution in [3.63, 3.8) is 0 Å². The normalized spacial score (nSPS) is 22.9. The number of hydrogen-bond donors (Lipinski definition) is 2. The van der Waals surface area contributed by atoms with Gasteiger partial charge in [0.1, 0.15) is 5.60 Å². The van der Waals surface area contributed by atoms with Crippen LogP contribution in [0.25, 0.3) is 11.3 Å². The molecule has 7 heteroatoms. The smallest absolute Gasteiger partial charge is 0.341 e. The van der Waals surface area contributed by atoms with Crippen molar-refractivity contribution in [2.45, 2.75) is 31.3 Å². The Balaban J connectivity index is 1.25. The highest BCUT2D eigenvalue weighted by Crippen LogP contribution is 2.47. The van der Waals surface area contributed by atoms with Crippen LogP contribution in [-0.2, 0) is 15.1 Å². The number of ether oxygens (including phenoxy) is 1. The molecule has 1 amide bonds. The van der Waals surface area contributed by atoms with Crippen LogP contribution >= 0.6 is 0 Å². The number of aromatic nitrogens is 3. The summed E-state index contributed by atoms with van der Waals surface area (Å²) in [6.45, 7) is 0. The molecular weight excluding hydrogens is 368 g/mol. The minimum absolute atomic E-state index is 0.0507. The zero-order chi connectivity index (χ0) is 19.8. The van der Waals surface area contributed by atoms with Crippen LogP contribution in [0.3, 0.4) is 0 Å². The first kappa shape index (κ1) is 17.6. The van der Waals surface area contributed by atoms with Crippen molar-refractivity contribution in [1.82, 2.24) is 15.2 Å². The molecule has 0 radical (unpaired) electrons. The molecule has 2 aromatic heterocycles. The lowest BCUT2D eigenvalue weighted by Gasteiger charge is -2.35. The molecule has 1 saturated carbocycles. The van der Waals surface area contributed by atoms with E-state index in [9.17, 15) is 9.59 Å². The number of hydrogen-bond acceptors (Lipinski definition) is 5. The summed E-state index contributed by atoms with van der Waals surface area (Å²) in [5.41, 5.74) is 2.69. The van der Waals surface area contributed by atoms with Crippen LogP contribution in [0.4, 0.5) is 5.82 Å². The molecule has 1 aromatic carbocycles. The molecule has 1 aliphatic heterocycles. The van der Waals surface area contributed by atoms with E-state index < -0.39 is 5.60 Å². The van der Waals surface area contributed by atoms with Crippen molar-refractivity contribution >= 4 is 17.7 Å². The molecule has 3 aromatic rings. The van der Waals surface area contributed by atoms with Crippen LogP contribution in [0, 0.1) is 5.92 Å². The Morgan fingerprint density at radius 3 is 2.76 bits per heavy atom. The van der Waals surface area contributed by atoms with Crippen molar-refractivity contribution < 1.29 is 14.3 Å². The Kier molecular flexibility index (Phi) is 4.16. The minimum Gasteiger partial charge on any atom is -0.451 e. The molecule has 1 fully saturated rings. The Labute approximate surface area is 167 Å². The number of H-pyrrole nitrogens is 1. The van der Waals surface area contributed by atoms with Gasteiger partial charge in [-0.05, 0) is 37.3 Å². The highest BCUT2D eigenvalue weighted by Gasteiger charge is 2.48. The monoisotopic (exact) mass is 388 g/mol. The van der Waals surface area contributed by atoms with Crippen molar-refractivity contribution in [3.8, 4) is 11.3 Å². The number of esters is 1. The Bertz CT molecular complexity index is 1070. The summed E-state index contributed by atoms with van der Waals surface area (Å²) in [5, 5.41) is 10.1. The second-order valence-electron chi connectivity index (χ2n) is 7.60. The first-order valence-corrected chi connectivity index (χ1v) is 9.74. The Morgan fingerprint density at radius 1 is 1.17 bits per heavy atom. The van der Waals surface area contributed by atoms with Crippen molar-refractivity contribution in [3.05, 3.63) is 66.0 Å². The summed E-state index contributed by atoms with van der Waals surface area (Å²) in [7, 11) is 0. The number of benzene rings is 1. The van der Waals surface area contributed by atoms with Crippen molar-refractivity contribution in [1.29, 1.82) is 0 Å². The molecule has 1 spiro atoms. The van der Waals surface area contributed by atoms with Crippen LogP contribution in [0.5, 0.6) is 0 Å². The summed E-state index contributed by atoms with van der Waals surface area (Å²) in [5.74, 6) is 0.00569. The molecule has 0 unspecified atom stereocenters. The van der Waals surface area contributed by atoms with E-state index in [1.807, 2.05) is 42.5 Å². The molecule has 1 aliphatic carbocycles. The number of nitrogens with zero attached hydrogens (tertiary/aromatic N) is 2. The van der Waals surface area contributed by atoms with Crippen molar-refractivity contribution in [2.24, 2.45) is 5.92 Å². The fourth-order valence-electron chi connectivity index (χ4n) is 4.34. The third-order valence-corrected chi connectivity index (χ3v) is 5.90. The SMILES string of the molecule is O=C1OC2(CCC(C(=O)Nc3cc(-c4ccccc4)[nH]n3)CC2)c2ccncc21. The molecule has 2 N–H and O–H groups in total. The average Bonchev–Trinajstić information content (AvgIpc) is 3.33. The summed E-state index contributed by atoms with van der Waals surface area (Å²) in [4.78, 5) is 28.9. The predicted molar refractivity (Wildman–Crippen MR) is 106 cm³/mol. The van der Waals surface area contributed by atoms with Crippen molar-refractivity contribution in [2.75, 3.05) is 5.32 Å². The van der Waals surface area contributed by atoms with E-state index in [2.05, 4.69) is 20.5 Å². The molecule has 0 bridgehead atoms. The number of carbonyl (C=O) groups is 2. The number of anilines is 1. The van der Waals surface area contributed by atoms with E-state index in [4.69, 9.17) is 4.74 Å². The van der Waals surface area contributed by atoms with Gasteiger partial charge in [-0.1, -0.05) is 30.3 Å². The first-order chi connectivity index (χ1) is 14.1. The molecule has 3 heterocycles. The van der Waals surface area contributed by atoms with E-state index in [1.54, 1.807) is 12.4 Å². The molecule has 2 aliphatic rings. The Morgan fingerprint density at radius 2 is 1.97 bits per heavy atom. The van der Waals surface area contributed by atoms with Gasteiger partial charge < -0.3 is 10.1 Å². The van der Waals surface area contributed by atoms with Gasteiger partial charge >= 0.3 is 5.97 Å². The quantitative estimate of drug-likeness (QED) is 0.668. The molecule has 0 saturated heterocycles. The number of fused-ring (bicyclic) bond motifs is 2. The van der Waals surface area contributed by atoms with Gasteiger partial charge in [-0.15, -0.1) is 0 Å². The number of rotatable bonds is 3. The number of pyridine rings is 1. The molecule has 7 nitrogen and oxygen atoms in total. The zero-order valence-electron chi connectivity index (χ0n) is 15.7. The van der Waals surface area contributed by atoms with Gasteiger partial charge in [0.2, 0.25) is 5.91 Å². The van der Waals surface area contributed by atoms with Gasteiger partial charge in [0, 0.05) is 29.9 Å². The van der Waals surface area contributed by atoms with E-state index in [0.717, 1.165) is 16.8 Å². The van der Waals surface area contributed by atoms with E-state index in [0.29, 0.717) is 37.1 Å².